The van der Waals surface area contributed by atoms with E-state index in [1.165, 1.54) is 0 Å². The second-order valence-corrected chi connectivity index (χ2v) is 11.7. The van der Waals surface area contributed by atoms with Gasteiger partial charge in [0.05, 0.1) is 21.7 Å². The van der Waals surface area contributed by atoms with E-state index >= 15 is 0 Å². The Balaban J connectivity index is 1.30. The van der Waals surface area contributed by atoms with Crippen LogP contribution in [0.2, 0.25) is 15.1 Å². The van der Waals surface area contributed by atoms with Gasteiger partial charge < -0.3 is 24.3 Å². The predicted octanol–water partition coefficient (Wildman–Crippen LogP) is 7.29. The standard InChI is InChI=1S/C32H37Cl3N2O5/c1-21-16-27(33)31(28(34)17-21)42-15-14-40-26-10-4-22(5-11-26)18-24(32(38)37-25-8-9-25)7-6-23-19-30(36-20-29(23)35)41-13-3-12-39-2/h4-5,10-11,16-17,19-20,24-25H,3,6-9,12-15,18H2,1-2H3,(H,37,38). The first-order valence-electron chi connectivity index (χ1n) is 14.2. The summed E-state index contributed by atoms with van der Waals surface area (Å²) in [6.45, 7) is 3.68. The normalized spacial score (nSPS) is 13.5. The third-order valence-corrected chi connectivity index (χ3v) is 7.76. The number of benzene rings is 2. The Morgan fingerprint density at radius 1 is 0.952 bits per heavy atom. The van der Waals surface area contributed by atoms with Gasteiger partial charge >= 0.3 is 0 Å². The van der Waals surface area contributed by atoms with Crippen molar-refractivity contribution in [3.8, 4) is 17.4 Å². The lowest BCUT2D eigenvalue weighted by Gasteiger charge is -2.18. The van der Waals surface area contributed by atoms with Gasteiger partial charge in [0.1, 0.15) is 19.0 Å². The van der Waals surface area contributed by atoms with E-state index < -0.39 is 0 Å². The minimum atomic E-state index is -0.204. The van der Waals surface area contributed by atoms with Gasteiger partial charge in [0, 0.05) is 44.4 Å². The van der Waals surface area contributed by atoms with Gasteiger partial charge in [-0.1, -0.05) is 46.9 Å². The Morgan fingerprint density at radius 2 is 1.67 bits per heavy atom. The highest BCUT2D eigenvalue weighted by Gasteiger charge is 2.27. The van der Waals surface area contributed by atoms with Crippen LogP contribution in [0.25, 0.3) is 0 Å². The van der Waals surface area contributed by atoms with Crippen LogP contribution >= 0.6 is 34.8 Å². The maximum atomic E-state index is 13.1. The first-order chi connectivity index (χ1) is 20.3. The number of ether oxygens (including phenoxy) is 4. The molecule has 7 nitrogen and oxygen atoms in total. The number of aryl methyl sites for hydroxylation is 2. The SMILES string of the molecule is COCCCOc1cc(CCC(Cc2ccc(OCCOc3c(Cl)cc(C)cc3Cl)cc2)C(=O)NC2CC2)c(Cl)cn1. The van der Waals surface area contributed by atoms with Crippen molar-refractivity contribution >= 4 is 40.7 Å². The van der Waals surface area contributed by atoms with Gasteiger partial charge in [0.15, 0.2) is 5.75 Å². The molecule has 1 saturated carbocycles. The second kappa shape index (κ2) is 16.2. The van der Waals surface area contributed by atoms with Crippen LogP contribution in [-0.4, -0.2) is 50.5 Å². The highest BCUT2D eigenvalue weighted by atomic mass is 35.5. The molecule has 1 heterocycles. The number of hydrogen-bond acceptors (Lipinski definition) is 6. The zero-order valence-corrected chi connectivity index (χ0v) is 26.2. The van der Waals surface area contributed by atoms with Crippen molar-refractivity contribution in [2.45, 2.75) is 51.5 Å². The van der Waals surface area contributed by atoms with Crippen LogP contribution in [-0.2, 0) is 22.4 Å². The summed E-state index contributed by atoms with van der Waals surface area (Å²) in [5, 5.41) is 4.69. The van der Waals surface area contributed by atoms with E-state index in [4.69, 9.17) is 53.8 Å². The predicted molar refractivity (Wildman–Crippen MR) is 167 cm³/mol. The van der Waals surface area contributed by atoms with Crippen molar-refractivity contribution in [2.75, 3.05) is 33.5 Å². The maximum absolute atomic E-state index is 13.1. The van der Waals surface area contributed by atoms with Gasteiger partial charge in [-0.15, -0.1) is 0 Å². The Morgan fingerprint density at radius 3 is 2.36 bits per heavy atom. The quantitative estimate of drug-likeness (QED) is 0.157. The van der Waals surface area contributed by atoms with Gasteiger partial charge in [-0.05, 0) is 80.0 Å². The molecule has 10 heteroatoms. The molecule has 226 valence electrons. The summed E-state index contributed by atoms with van der Waals surface area (Å²) < 4.78 is 22.4. The molecule has 1 N–H and O–H groups in total. The van der Waals surface area contributed by atoms with Crippen LogP contribution in [0.4, 0.5) is 0 Å². The molecule has 1 unspecified atom stereocenters. The minimum Gasteiger partial charge on any atom is -0.490 e. The van der Waals surface area contributed by atoms with Crippen molar-refractivity contribution in [3.63, 3.8) is 0 Å². The molecule has 0 spiro atoms. The number of nitrogens with zero attached hydrogens (tertiary/aromatic N) is 1. The molecular weight excluding hydrogens is 599 g/mol. The Bertz CT molecular complexity index is 1290. The van der Waals surface area contributed by atoms with E-state index in [0.29, 0.717) is 84.2 Å². The van der Waals surface area contributed by atoms with E-state index in [1.54, 1.807) is 13.3 Å². The highest BCUT2D eigenvalue weighted by Crippen LogP contribution is 2.34. The molecule has 3 aromatic rings. The number of aromatic nitrogens is 1. The van der Waals surface area contributed by atoms with Crippen molar-refractivity contribution in [3.05, 3.63) is 80.4 Å². The molecule has 0 saturated heterocycles. The van der Waals surface area contributed by atoms with Crippen LogP contribution < -0.4 is 19.5 Å². The molecule has 42 heavy (non-hydrogen) atoms. The summed E-state index contributed by atoms with van der Waals surface area (Å²) in [4.78, 5) is 17.4. The van der Waals surface area contributed by atoms with E-state index in [0.717, 1.165) is 36.0 Å². The van der Waals surface area contributed by atoms with Crippen LogP contribution in [0.3, 0.4) is 0 Å². The summed E-state index contributed by atoms with van der Waals surface area (Å²) in [6, 6.07) is 13.6. The summed E-state index contributed by atoms with van der Waals surface area (Å²) in [5.74, 6) is 1.56. The first kappa shape index (κ1) is 32.2. The molecule has 1 aliphatic rings. The molecule has 1 aromatic heterocycles. The van der Waals surface area contributed by atoms with Gasteiger partial charge in [-0.2, -0.15) is 0 Å². The fraction of sp³-hybridized carbons (Fsp3) is 0.438. The van der Waals surface area contributed by atoms with E-state index in [9.17, 15) is 4.79 Å². The monoisotopic (exact) mass is 634 g/mol. The molecule has 1 amide bonds. The third-order valence-electron chi connectivity index (χ3n) is 6.86. The van der Waals surface area contributed by atoms with Crippen LogP contribution in [0, 0.1) is 12.8 Å². The molecule has 1 aliphatic carbocycles. The third kappa shape index (κ3) is 10.2. The number of methoxy groups -OCH3 is 1. The van der Waals surface area contributed by atoms with Crippen molar-refractivity contribution in [2.24, 2.45) is 5.92 Å². The molecule has 1 atom stereocenters. The van der Waals surface area contributed by atoms with Crippen molar-refractivity contribution < 1.29 is 23.7 Å². The van der Waals surface area contributed by atoms with Gasteiger partial charge in [0.2, 0.25) is 11.8 Å². The molecular formula is C32H37Cl3N2O5. The number of hydrogen-bond donors (Lipinski definition) is 1. The van der Waals surface area contributed by atoms with Crippen LogP contribution in [0.15, 0.2) is 48.7 Å². The smallest absolute Gasteiger partial charge is 0.223 e. The zero-order chi connectivity index (χ0) is 29.9. The number of carbonyl (C=O) groups excluding carboxylic acids is 1. The lowest BCUT2D eigenvalue weighted by atomic mass is 9.92. The van der Waals surface area contributed by atoms with E-state index in [-0.39, 0.29) is 11.8 Å². The molecule has 0 radical (unpaired) electrons. The van der Waals surface area contributed by atoms with Crippen molar-refractivity contribution in [1.82, 2.24) is 10.3 Å². The molecule has 0 bridgehead atoms. The second-order valence-electron chi connectivity index (χ2n) is 10.4. The Labute approximate surface area is 262 Å². The highest BCUT2D eigenvalue weighted by molar-refractivity contribution is 6.37. The van der Waals surface area contributed by atoms with Crippen LogP contribution in [0.1, 0.15) is 42.4 Å². The Hall–Kier alpha value is -2.71. The fourth-order valence-corrected chi connectivity index (χ4v) is 5.35. The summed E-state index contributed by atoms with van der Waals surface area (Å²) >= 11 is 18.9. The van der Waals surface area contributed by atoms with E-state index in [2.05, 4.69) is 10.3 Å². The van der Waals surface area contributed by atoms with E-state index in [1.807, 2.05) is 49.4 Å². The maximum Gasteiger partial charge on any atom is 0.223 e. The minimum absolute atomic E-state index is 0.0737. The zero-order valence-electron chi connectivity index (χ0n) is 24.0. The largest absolute Gasteiger partial charge is 0.490 e. The summed E-state index contributed by atoms with van der Waals surface area (Å²) in [7, 11) is 1.66. The first-order valence-corrected chi connectivity index (χ1v) is 15.3. The van der Waals surface area contributed by atoms with Gasteiger partial charge in [-0.3, -0.25) is 4.79 Å². The molecule has 2 aromatic carbocycles. The summed E-state index contributed by atoms with van der Waals surface area (Å²) in [6.07, 6.45) is 6.34. The van der Waals surface area contributed by atoms with Gasteiger partial charge in [0.25, 0.3) is 0 Å². The number of pyridine rings is 1. The number of rotatable bonds is 17. The van der Waals surface area contributed by atoms with Gasteiger partial charge in [-0.25, -0.2) is 4.98 Å². The topological polar surface area (TPSA) is 78.9 Å². The lowest BCUT2D eigenvalue weighted by Crippen LogP contribution is -2.33. The lowest BCUT2D eigenvalue weighted by molar-refractivity contribution is -0.125. The molecule has 0 aliphatic heterocycles. The molecule has 4 rings (SSSR count). The van der Waals surface area contributed by atoms with Crippen LogP contribution in [0.5, 0.6) is 17.4 Å². The van der Waals surface area contributed by atoms with Crippen molar-refractivity contribution in [1.29, 1.82) is 0 Å². The number of nitrogens with one attached hydrogen (secondary N) is 1. The Kier molecular flexibility index (Phi) is 12.4. The molecule has 1 fully saturated rings. The average Bonchev–Trinajstić information content (AvgIpc) is 3.78. The number of amides is 1. The summed E-state index contributed by atoms with van der Waals surface area (Å²) in [5.41, 5.74) is 2.93. The fourth-order valence-electron chi connectivity index (χ4n) is 4.45. The average molecular weight is 636 g/mol. The number of halogens is 3. The number of carbonyl (C=O) groups is 1.